The van der Waals surface area contributed by atoms with Crippen molar-refractivity contribution in [3.8, 4) is 6.07 Å². The number of piperidine rings is 1. The SMILES string of the molecule is CCn1c(N2CCCC(C)C2)c(/C=C2/SC(=S)N(Cc3ccc(C)cc3)C2=O)c(C)c(C#N)c1=O. The molecule has 0 radical (unpaired) electrons. The molecule has 2 aliphatic rings. The zero-order chi connectivity index (χ0) is 25.3. The number of hydrogen-bond donors (Lipinski definition) is 0. The van der Waals surface area contributed by atoms with Crippen LogP contribution in [0.4, 0.5) is 5.82 Å². The average Bonchev–Trinajstić information content (AvgIpc) is 3.09. The first-order valence-electron chi connectivity index (χ1n) is 12.0. The van der Waals surface area contributed by atoms with Crippen LogP contribution in [0.1, 0.15) is 54.5 Å². The van der Waals surface area contributed by atoms with Gasteiger partial charge in [0.15, 0.2) is 0 Å². The Bertz CT molecular complexity index is 1300. The lowest BCUT2D eigenvalue weighted by Gasteiger charge is -2.35. The van der Waals surface area contributed by atoms with Crippen LogP contribution in [-0.2, 0) is 17.9 Å². The van der Waals surface area contributed by atoms with Crippen LogP contribution in [0.5, 0.6) is 0 Å². The second-order valence-corrected chi connectivity index (χ2v) is 11.0. The lowest BCUT2D eigenvalue weighted by Crippen LogP contribution is -2.40. The van der Waals surface area contributed by atoms with Crippen molar-refractivity contribution in [2.24, 2.45) is 5.92 Å². The minimum atomic E-state index is -0.273. The van der Waals surface area contributed by atoms with Gasteiger partial charge in [0.05, 0.1) is 11.4 Å². The standard InChI is InChI=1S/C27H30N4O2S2/c1-5-30-24(29-12-6-7-18(3)15-29)21(19(4)22(14-28)25(30)32)13-23-26(33)31(27(34)35-23)16-20-10-8-17(2)9-11-20/h8-11,13,18H,5-7,12,15-16H2,1-4H3/b23-13+. The predicted octanol–water partition coefficient (Wildman–Crippen LogP) is 4.99. The summed E-state index contributed by atoms with van der Waals surface area (Å²) in [5, 5.41) is 9.77. The molecule has 6 nitrogen and oxygen atoms in total. The Morgan fingerprint density at radius 2 is 1.94 bits per heavy atom. The highest BCUT2D eigenvalue weighted by Gasteiger charge is 2.33. The van der Waals surface area contributed by atoms with E-state index in [2.05, 4.69) is 17.9 Å². The molecule has 2 fully saturated rings. The Labute approximate surface area is 216 Å². The number of nitrogens with zero attached hydrogens (tertiary/aromatic N) is 4. The maximum absolute atomic E-state index is 13.4. The molecule has 2 aliphatic heterocycles. The van der Waals surface area contributed by atoms with Crippen LogP contribution in [0.25, 0.3) is 6.08 Å². The van der Waals surface area contributed by atoms with Gasteiger partial charge in [-0.2, -0.15) is 5.26 Å². The largest absolute Gasteiger partial charge is 0.357 e. The van der Waals surface area contributed by atoms with E-state index in [1.54, 1.807) is 16.4 Å². The fourth-order valence-electron chi connectivity index (χ4n) is 4.80. The number of anilines is 1. The molecule has 3 heterocycles. The van der Waals surface area contributed by atoms with Crippen molar-refractivity contribution in [3.63, 3.8) is 0 Å². The summed E-state index contributed by atoms with van der Waals surface area (Å²) in [5.74, 6) is 1.15. The molecule has 0 aliphatic carbocycles. The lowest BCUT2D eigenvalue weighted by molar-refractivity contribution is -0.122. The predicted molar refractivity (Wildman–Crippen MR) is 146 cm³/mol. The van der Waals surface area contributed by atoms with Crippen LogP contribution in [0.2, 0.25) is 0 Å². The van der Waals surface area contributed by atoms with E-state index in [0.29, 0.717) is 33.8 Å². The summed E-state index contributed by atoms with van der Waals surface area (Å²) in [6, 6.07) is 10.2. The number of aryl methyl sites for hydroxylation is 1. The van der Waals surface area contributed by atoms with Crippen LogP contribution < -0.4 is 10.5 Å². The van der Waals surface area contributed by atoms with Crippen LogP contribution in [0.15, 0.2) is 34.0 Å². The quantitative estimate of drug-likeness (QED) is 0.420. The fourth-order valence-corrected chi connectivity index (χ4v) is 6.04. The molecule has 1 aromatic carbocycles. The van der Waals surface area contributed by atoms with E-state index in [4.69, 9.17) is 12.2 Å². The molecule has 2 saturated heterocycles. The van der Waals surface area contributed by atoms with Crippen LogP contribution in [-0.4, -0.2) is 32.8 Å². The summed E-state index contributed by atoms with van der Waals surface area (Å²) in [5.41, 5.74) is 3.39. The number of pyridine rings is 1. The molecule has 1 unspecified atom stereocenters. The monoisotopic (exact) mass is 506 g/mol. The third-order valence-electron chi connectivity index (χ3n) is 6.73. The number of thiocarbonyl (C=S) groups is 1. The molecule has 4 rings (SSSR count). The number of rotatable bonds is 5. The summed E-state index contributed by atoms with van der Waals surface area (Å²) in [6.07, 6.45) is 4.02. The van der Waals surface area contributed by atoms with Crippen molar-refractivity contribution in [2.75, 3.05) is 18.0 Å². The van der Waals surface area contributed by atoms with Gasteiger partial charge in [0.25, 0.3) is 11.5 Å². The maximum Gasteiger partial charge on any atom is 0.270 e. The van der Waals surface area contributed by atoms with Crippen LogP contribution in [0.3, 0.4) is 0 Å². The number of nitriles is 1. The number of aromatic nitrogens is 1. The van der Waals surface area contributed by atoms with Crippen molar-refractivity contribution in [1.29, 1.82) is 5.26 Å². The highest BCUT2D eigenvalue weighted by molar-refractivity contribution is 8.26. The molecule has 0 bridgehead atoms. The first kappa shape index (κ1) is 25.2. The van der Waals surface area contributed by atoms with E-state index in [0.717, 1.165) is 48.4 Å². The molecule has 0 spiro atoms. The summed E-state index contributed by atoms with van der Waals surface area (Å²) >= 11 is 6.84. The second kappa shape index (κ2) is 10.4. The van der Waals surface area contributed by atoms with Crippen LogP contribution >= 0.6 is 24.0 Å². The fraction of sp³-hybridized carbons (Fsp3) is 0.407. The van der Waals surface area contributed by atoms with E-state index in [-0.39, 0.29) is 17.0 Å². The molecule has 35 heavy (non-hydrogen) atoms. The third-order valence-corrected chi connectivity index (χ3v) is 8.11. The minimum Gasteiger partial charge on any atom is -0.357 e. The summed E-state index contributed by atoms with van der Waals surface area (Å²) in [7, 11) is 0. The number of carbonyl (C=O) groups is 1. The topological polar surface area (TPSA) is 69.3 Å². The molecule has 0 saturated carbocycles. The van der Waals surface area contributed by atoms with Gasteiger partial charge < -0.3 is 4.90 Å². The van der Waals surface area contributed by atoms with Crippen molar-refractivity contribution < 1.29 is 4.79 Å². The van der Waals surface area contributed by atoms with E-state index in [9.17, 15) is 14.9 Å². The Kier molecular flexibility index (Phi) is 7.48. The van der Waals surface area contributed by atoms with E-state index in [1.165, 1.54) is 11.8 Å². The third kappa shape index (κ3) is 4.93. The van der Waals surface area contributed by atoms with Gasteiger partial charge in [0, 0.05) is 25.2 Å². The number of hydrogen-bond acceptors (Lipinski definition) is 6. The van der Waals surface area contributed by atoms with Gasteiger partial charge in [-0.1, -0.05) is 60.7 Å². The van der Waals surface area contributed by atoms with Crippen molar-refractivity contribution in [3.05, 3.63) is 67.3 Å². The molecule has 8 heteroatoms. The second-order valence-electron chi connectivity index (χ2n) is 9.35. The molecule has 182 valence electrons. The van der Waals surface area contributed by atoms with Crippen molar-refractivity contribution >= 4 is 46.1 Å². The summed E-state index contributed by atoms with van der Waals surface area (Å²) < 4.78 is 2.19. The molecule has 1 amide bonds. The molecule has 2 aromatic rings. The van der Waals surface area contributed by atoms with Gasteiger partial charge in [0.1, 0.15) is 21.8 Å². The summed E-state index contributed by atoms with van der Waals surface area (Å²) in [6.45, 7) is 10.5. The Morgan fingerprint density at radius 1 is 1.23 bits per heavy atom. The van der Waals surface area contributed by atoms with Crippen LogP contribution in [0, 0.1) is 31.1 Å². The average molecular weight is 507 g/mol. The van der Waals surface area contributed by atoms with Gasteiger partial charge in [0.2, 0.25) is 0 Å². The number of amides is 1. The molecular weight excluding hydrogens is 476 g/mol. The first-order chi connectivity index (χ1) is 16.7. The Balaban J connectivity index is 1.80. The van der Waals surface area contributed by atoms with E-state index < -0.39 is 0 Å². The summed E-state index contributed by atoms with van der Waals surface area (Å²) in [4.78, 5) is 31.0. The Hall–Kier alpha value is -2.89. The van der Waals surface area contributed by atoms with Crippen molar-refractivity contribution in [2.45, 2.75) is 53.6 Å². The first-order valence-corrected chi connectivity index (χ1v) is 13.2. The zero-order valence-corrected chi connectivity index (χ0v) is 22.3. The van der Waals surface area contributed by atoms with Gasteiger partial charge in [-0.05, 0) is 56.7 Å². The van der Waals surface area contributed by atoms with E-state index >= 15 is 0 Å². The molecule has 0 N–H and O–H groups in total. The maximum atomic E-state index is 13.4. The highest BCUT2D eigenvalue weighted by Crippen LogP contribution is 2.37. The molecular formula is C27H30N4O2S2. The lowest BCUT2D eigenvalue weighted by atomic mass is 9.98. The minimum absolute atomic E-state index is 0.127. The molecule has 1 aromatic heterocycles. The van der Waals surface area contributed by atoms with Gasteiger partial charge in [-0.25, -0.2) is 0 Å². The highest BCUT2D eigenvalue weighted by atomic mass is 32.2. The van der Waals surface area contributed by atoms with Gasteiger partial charge in [-0.3, -0.25) is 19.1 Å². The van der Waals surface area contributed by atoms with Gasteiger partial charge in [-0.15, -0.1) is 0 Å². The number of benzene rings is 1. The zero-order valence-electron chi connectivity index (χ0n) is 20.6. The number of thioether (sulfide) groups is 1. The smallest absolute Gasteiger partial charge is 0.270 e. The number of carbonyl (C=O) groups excluding carboxylic acids is 1. The van der Waals surface area contributed by atoms with Gasteiger partial charge >= 0.3 is 0 Å². The van der Waals surface area contributed by atoms with E-state index in [1.807, 2.05) is 44.2 Å². The molecule has 1 atom stereocenters. The Morgan fingerprint density at radius 3 is 2.57 bits per heavy atom. The normalized spacial score (nSPS) is 19.5. The van der Waals surface area contributed by atoms with Crippen molar-refractivity contribution in [1.82, 2.24) is 9.47 Å².